The van der Waals surface area contributed by atoms with Gasteiger partial charge in [0.1, 0.15) is 23.8 Å². The molecular weight excluding hydrogens is 617 g/mol. The fourth-order valence-electron chi connectivity index (χ4n) is 10.8. The summed E-state index contributed by atoms with van der Waals surface area (Å²) in [5.41, 5.74) is -1.47. The number of Topliss-reactive ketones (excluding diaryl/α,β-unsaturated/α-hetero) is 1. The highest BCUT2D eigenvalue weighted by molar-refractivity contribution is 6.02. The molecule has 8 unspecified atom stereocenters. The Labute approximate surface area is 278 Å². The van der Waals surface area contributed by atoms with Gasteiger partial charge in [0.05, 0.1) is 16.7 Å². The molecule has 0 aromatic carbocycles. The normalized spacial score (nSPS) is 37.2. The highest BCUT2D eigenvalue weighted by Crippen LogP contribution is 2.69. The molecule has 0 bridgehead atoms. The highest BCUT2D eigenvalue weighted by atomic mass is 19.4. The van der Waals surface area contributed by atoms with Gasteiger partial charge in [-0.3, -0.25) is 19.0 Å². The van der Waals surface area contributed by atoms with Crippen LogP contribution in [0.2, 0.25) is 0 Å². The molecule has 2 aromatic rings. The predicted molar refractivity (Wildman–Crippen MR) is 171 cm³/mol. The van der Waals surface area contributed by atoms with Gasteiger partial charge in [0.25, 0.3) is 0 Å². The van der Waals surface area contributed by atoms with Crippen LogP contribution in [0.1, 0.15) is 90.1 Å². The Hall–Kier alpha value is -3.87. The third kappa shape index (κ3) is 4.63. The smallest absolute Gasteiger partial charge is 0.295 e. The summed E-state index contributed by atoms with van der Waals surface area (Å²) in [5, 5.41) is 9.83. The summed E-state index contributed by atoms with van der Waals surface area (Å²) in [6.45, 7) is 10.6. The van der Waals surface area contributed by atoms with Crippen molar-refractivity contribution in [2.24, 2.45) is 51.2 Å². The van der Waals surface area contributed by atoms with Crippen molar-refractivity contribution in [3.63, 3.8) is 0 Å². The first-order valence-corrected chi connectivity index (χ1v) is 17.0. The number of nitrogens with zero attached hydrogens (tertiary/aromatic N) is 4. The molecule has 0 saturated heterocycles. The van der Waals surface area contributed by atoms with Crippen LogP contribution in [0.5, 0.6) is 0 Å². The van der Waals surface area contributed by atoms with E-state index in [0.29, 0.717) is 25.7 Å². The monoisotopic (exact) mass is 658 g/mol. The van der Waals surface area contributed by atoms with E-state index in [9.17, 15) is 32.8 Å². The van der Waals surface area contributed by atoms with Crippen molar-refractivity contribution in [1.29, 1.82) is 5.26 Å². The Morgan fingerprint density at radius 3 is 2.44 bits per heavy atom. The van der Waals surface area contributed by atoms with Gasteiger partial charge in [0, 0.05) is 23.4 Å². The summed E-state index contributed by atoms with van der Waals surface area (Å²) in [6, 6.07) is 5.74. The maximum atomic E-state index is 14.7. The van der Waals surface area contributed by atoms with Crippen LogP contribution in [-0.4, -0.2) is 32.0 Å². The Morgan fingerprint density at radius 1 is 1.00 bits per heavy atom. The zero-order valence-corrected chi connectivity index (χ0v) is 28.0. The first-order chi connectivity index (χ1) is 22.4. The summed E-state index contributed by atoms with van der Waals surface area (Å²) in [7, 11) is 0. The molecule has 8 atom stereocenters. The molecule has 10 heteroatoms. The number of carbonyl (C=O) groups is 3. The van der Waals surface area contributed by atoms with E-state index in [1.54, 1.807) is 0 Å². The van der Waals surface area contributed by atoms with Crippen molar-refractivity contribution in [3.05, 3.63) is 59.7 Å². The van der Waals surface area contributed by atoms with E-state index in [1.165, 1.54) is 29.2 Å². The highest BCUT2D eigenvalue weighted by Gasteiger charge is 2.66. The van der Waals surface area contributed by atoms with Gasteiger partial charge in [0.15, 0.2) is 11.6 Å². The number of carbonyl (C=O) groups excluding carboxylic acids is 3. The number of allylic oxidation sites excluding steroid dienone is 4. The van der Waals surface area contributed by atoms with E-state index >= 15 is 0 Å². The Kier molecular flexibility index (Phi) is 7.19. The Bertz CT molecular complexity index is 1850. The summed E-state index contributed by atoms with van der Waals surface area (Å²) in [5.74, 6) is -1.17. The number of imidazole rings is 1. The molecule has 0 N–H and O–H groups in total. The summed E-state index contributed by atoms with van der Waals surface area (Å²) in [4.78, 5) is 50.3. The largest absolute Gasteiger partial charge is 0.433 e. The minimum Gasteiger partial charge on any atom is -0.295 e. The number of rotatable bonds is 2. The Balaban J connectivity index is 1.28. The molecule has 0 aliphatic heterocycles. The van der Waals surface area contributed by atoms with E-state index in [2.05, 4.69) is 43.7 Å². The second kappa shape index (κ2) is 10.6. The SMILES string of the molecule is CC1C(=O)C(C#N)=CC2(C)C3=CC(=O)C4C(CCC5(C(=O)n6cnc(-c7cccc(C(F)(F)F)n7)c6)CCC(C)(C)CC45)C3(C)CCC12. The lowest BCUT2D eigenvalue weighted by Crippen LogP contribution is -2.61. The molecule has 0 spiro atoms. The number of pyridine rings is 1. The molecule has 0 radical (unpaired) electrons. The fourth-order valence-corrected chi connectivity index (χ4v) is 10.8. The molecule has 7 rings (SSSR count). The zero-order chi connectivity index (χ0) is 34.6. The molecule has 3 saturated carbocycles. The van der Waals surface area contributed by atoms with Crippen LogP contribution in [0.4, 0.5) is 13.2 Å². The standard InChI is InChI=1S/C38H41F3N4O3/c1-21-23-9-11-35(4)24-10-12-37(33(48)45-19-27(43-20-45)26-7-6-8-30(44-26)38(39,40)41)14-13-34(2,3)17-25(37)31(24)28(46)15-29(35)36(23,5)16-22(18-42)32(21)47/h6-8,15-16,19-21,23-25,31H,9-14,17H2,1-5H3. The molecule has 2 aromatic heterocycles. The zero-order valence-electron chi connectivity index (χ0n) is 28.0. The van der Waals surface area contributed by atoms with E-state index in [0.717, 1.165) is 30.9 Å². The van der Waals surface area contributed by atoms with Crippen LogP contribution in [-0.2, 0) is 15.8 Å². The third-order valence-corrected chi connectivity index (χ3v) is 13.3. The first kappa shape index (κ1) is 32.7. The molecule has 5 aliphatic carbocycles. The molecule has 7 nitrogen and oxygen atoms in total. The number of hydrogen-bond acceptors (Lipinski definition) is 6. The number of halogens is 3. The number of alkyl halides is 3. The maximum Gasteiger partial charge on any atom is 0.433 e. The van der Waals surface area contributed by atoms with Gasteiger partial charge in [-0.2, -0.15) is 18.4 Å². The van der Waals surface area contributed by atoms with Crippen LogP contribution >= 0.6 is 0 Å². The minimum atomic E-state index is -4.61. The summed E-state index contributed by atoms with van der Waals surface area (Å²) in [6.07, 6.45) is 6.89. The van der Waals surface area contributed by atoms with Crippen LogP contribution < -0.4 is 0 Å². The average molecular weight is 659 g/mol. The summed E-state index contributed by atoms with van der Waals surface area (Å²) >= 11 is 0. The maximum absolute atomic E-state index is 14.7. The van der Waals surface area contributed by atoms with Gasteiger partial charge >= 0.3 is 6.18 Å². The first-order valence-electron chi connectivity index (χ1n) is 17.0. The van der Waals surface area contributed by atoms with Crippen molar-refractivity contribution in [2.45, 2.75) is 85.7 Å². The second-order valence-electron chi connectivity index (χ2n) is 16.3. The number of hydrogen-bond donors (Lipinski definition) is 0. The second-order valence-corrected chi connectivity index (χ2v) is 16.3. The third-order valence-electron chi connectivity index (χ3n) is 13.3. The van der Waals surface area contributed by atoms with Gasteiger partial charge in [-0.1, -0.05) is 52.3 Å². The van der Waals surface area contributed by atoms with Crippen molar-refractivity contribution >= 4 is 17.5 Å². The van der Waals surface area contributed by atoms with Crippen molar-refractivity contribution in [1.82, 2.24) is 14.5 Å². The predicted octanol–water partition coefficient (Wildman–Crippen LogP) is 8.04. The number of nitriles is 1. The lowest BCUT2D eigenvalue weighted by molar-refractivity contribution is -0.142. The Morgan fingerprint density at radius 2 is 1.73 bits per heavy atom. The van der Waals surface area contributed by atoms with Crippen LogP contribution in [0.15, 0.2) is 54.0 Å². The van der Waals surface area contributed by atoms with E-state index in [-0.39, 0.29) is 74.9 Å². The van der Waals surface area contributed by atoms with Gasteiger partial charge in [-0.25, -0.2) is 9.97 Å². The van der Waals surface area contributed by atoms with Gasteiger partial charge in [-0.05, 0) is 91.7 Å². The molecule has 5 aliphatic rings. The lowest BCUT2D eigenvalue weighted by Gasteiger charge is -2.64. The minimum absolute atomic E-state index is 0.00197. The van der Waals surface area contributed by atoms with Crippen LogP contribution in [0.3, 0.4) is 0 Å². The molecule has 48 heavy (non-hydrogen) atoms. The molecular formula is C38H41F3N4O3. The molecule has 3 fully saturated rings. The number of aromatic nitrogens is 3. The van der Waals surface area contributed by atoms with E-state index < -0.39 is 22.7 Å². The van der Waals surface area contributed by atoms with Gasteiger partial charge in [-0.15, -0.1) is 0 Å². The fraction of sp³-hybridized carbons (Fsp3) is 0.579. The molecule has 252 valence electrons. The topological polar surface area (TPSA) is 106 Å². The van der Waals surface area contributed by atoms with E-state index in [4.69, 9.17) is 0 Å². The van der Waals surface area contributed by atoms with Crippen molar-refractivity contribution < 1.29 is 27.6 Å². The van der Waals surface area contributed by atoms with E-state index in [1.807, 2.05) is 19.1 Å². The average Bonchev–Trinajstić information content (AvgIpc) is 3.53. The quantitative estimate of drug-likeness (QED) is 0.323. The van der Waals surface area contributed by atoms with Gasteiger partial charge < -0.3 is 0 Å². The van der Waals surface area contributed by atoms with Crippen LogP contribution in [0, 0.1) is 62.6 Å². The number of fused-ring (bicyclic) bond motifs is 7. The lowest BCUT2D eigenvalue weighted by atomic mass is 9.39. The molecule has 0 amide bonds. The van der Waals surface area contributed by atoms with Crippen LogP contribution in [0.25, 0.3) is 11.4 Å². The van der Waals surface area contributed by atoms with Crippen molar-refractivity contribution in [3.8, 4) is 17.5 Å². The molecule has 2 heterocycles. The van der Waals surface area contributed by atoms with Crippen molar-refractivity contribution in [2.75, 3.05) is 0 Å². The number of ketones is 2. The van der Waals surface area contributed by atoms with Gasteiger partial charge in [0.2, 0.25) is 5.91 Å². The summed E-state index contributed by atoms with van der Waals surface area (Å²) < 4.78 is 41.5.